The third-order valence-electron chi connectivity index (χ3n) is 2.54. The molecule has 2 aromatic rings. The molecule has 1 unspecified atom stereocenters. The molecule has 0 aliphatic heterocycles. The van der Waals surface area contributed by atoms with Crippen LogP contribution in [0.3, 0.4) is 0 Å². The summed E-state index contributed by atoms with van der Waals surface area (Å²) in [5, 5.41) is 11.0. The number of aliphatic hydroxyl groups is 1. The van der Waals surface area contributed by atoms with Crippen LogP contribution in [-0.4, -0.2) is 17.2 Å². The number of hydrogen-bond acceptors (Lipinski definition) is 3. The summed E-state index contributed by atoms with van der Waals surface area (Å²) in [5.74, 6) is 0.548. The number of hydrogen-bond donors (Lipinski definition) is 1. The molecule has 0 aliphatic rings. The minimum Gasteiger partial charge on any atom is -0.495 e. The fourth-order valence-corrected chi connectivity index (χ4v) is 2.55. The monoisotopic (exact) mass is 327 g/mol. The third-order valence-corrected chi connectivity index (χ3v) is 3.46. The Morgan fingerprint density at radius 1 is 1.39 bits per heavy atom. The van der Waals surface area contributed by atoms with Crippen LogP contribution in [0.1, 0.15) is 17.4 Å². The highest BCUT2D eigenvalue weighted by Crippen LogP contribution is 2.33. The van der Waals surface area contributed by atoms with Crippen molar-refractivity contribution in [3.05, 3.63) is 57.3 Å². The van der Waals surface area contributed by atoms with Crippen molar-refractivity contribution < 1.29 is 9.84 Å². The summed E-state index contributed by atoms with van der Waals surface area (Å²) in [5.41, 5.74) is 1.17. The summed E-state index contributed by atoms with van der Waals surface area (Å²) in [6.07, 6.45) is 0.748. The van der Waals surface area contributed by atoms with Gasteiger partial charge in [-0.1, -0.05) is 33.6 Å². The quantitative estimate of drug-likeness (QED) is 0.936. The number of ether oxygens (including phenoxy) is 1. The van der Waals surface area contributed by atoms with E-state index in [-0.39, 0.29) is 0 Å². The van der Waals surface area contributed by atoms with Crippen LogP contribution in [0.4, 0.5) is 0 Å². The van der Waals surface area contributed by atoms with Crippen molar-refractivity contribution in [2.45, 2.75) is 6.10 Å². The molecule has 1 atom stereocenters. The van der Waals surface area contributed by atoms with E-state index < -0.39 is 6.10 Å². The molecule has 2 rings (SSSR count). The first-order valence-electron chi connectivity index (χ1n) is 5.25. The zero-order valence-electron chi connectivity index (χ0n) is 9.60. The molecule has 5 heteroatoms. The van der Waals surface area contributed by atoms with E-state index in [1.54, 1.807) is 43.6 Å². The van der Waals surface area contributed by atoms with E-state index in [2.05, 4.69) is 20.9 Å². The molecule has 1 N–H and O–H groups in total. The maximum atomic E-state index is 10.4. The molecule has 0 spiro atoms. The van der Waals surface area contributed by atoms with Crippen LogP contribution in [0.2, 0.25) is 5.02 Å². The Labute approximate surface area is 119 Å². The zero-order chi connectivity index (χ0) is 13.1. The highest BCUT2D eigenvalue weighted by Gasteiger charge is 2.19. The van der Waals surface area contributed by atoms with Gasteiger partial charge in [0.25, 0.3) is 0 Å². The van der Waals surface area contributed by atoms with Crippen molar-refractivity contribution in [2.24, 2.45) is 0 Å². The largest absolute Gasteiger partial charge is 0.495 e. The molecule has 0 saturated carbocycles. The van der Waals surface area contributed by atoms with E-state index in [0.717, 1.165) is 4.47 Å². The summed E-state index contributed by atoms with van der Waals surface area (Å²) in [7, 11) is 1.55. The average Bonchev–Trinajstić information content (AvgIpc) is 2.38. The smallest absolute Gasteiger partial charge is 0.143 e. The van der Waals surface area contributed by atoms with E-state index in [1.807, 2.05) is 0 Å². The van der Waals surface area contributed by atoms with Gasteiger partial charge >= 0.3 is 0 Å². The van der Waals surface area contributed by atoms with Crippen LogP contribution < -0.4 is 4.74 Å². The molecule has 0 saturated heterocycles. The minimum absolute atomic E-state index is 0.475. The highest BCUT2D eigenvalue weighted by atomic mass is 79.9. The van der Waals surface area contributed by atoms with E-state index in [9.17, 15) is 5.11 Å². The Bertz CT molecular complexity index is 562. The average molecular weight is 329 g/mol. The van der Waals surface area contributed by atoms with Gasteiger partial charge in [0.1, 0.15) is 17.5 Å². The zero-order valence-corrected chi connectivity index (χ0v) is 11.9. The van der Waals surface area contributed by atoms with Gasteiger partial charge in [-0.25, -0.2) is 0 Å². The number of nitrogens with zero attached hydrogens (tertiary/aromatic N) is 1. The fourth-order valence-electron chi connectivity index (χ4n) is 1.65. The van der Waals surface area contributed by atoms with Gasteiger partial charge in [0.15, 0.2) is 0 Å². The Morgan fingerprint density at radius 3 is 2.83 bits per heavy atom. The molecule has 1 aromatic heterocycles. The van der Waals surface area contributed by atoms with E-state index >= 15 is 0 Å². The molecule has 0 amide bonds. The van der Waals surface area contributed by atoms with Crippen molar-refractivity contribution in [3.8, 4) is 5.75 Å². The summed E-state index contributed by atoms with van der Waals surface area (Å²) < 4.78 is 5.92. The Balaban J connectivity index is 2.44. The highest BCUT2D eigenvalue weighted by molar-refractivity contribution is 9.10. The second kappa shape index (κ2) is 5.69. The molecule has 0 fully saturated rings. The molecular formula is C13H11BrClNO2. The molecular weight excluding hydrogens is 318 g/mol. The predicted molar refractivity (Wildman–Crippen MR) is 74.0 cm³/mol. The molecule has 3 nitrogen and oxygen atoms in total. The van der Waals surface area contributed by atoms with Crippen LogP contribution >= 0.6 is 27.5 Å². The lowest BCUT2D eigenvalue weighted by atomic mass is 10.1. The third kappa shape index (κ3) is 2.66. The topological polar surface area (TPSA) is 42.4 Å². The van der Waals surface area contributed by atoms with Crippen molar-refractivity contribution in [2.75, 3.05) is 7.11 Å². The fraction of sp³-hybridized carbons (Fsp3) is 0.154. The molecule has 94 valence electrons. The summed E-state index contributed by atoms with van der Waals surface area (Å²) >= 11 is 9.25. The SMILES string of the molecule is COc1cccnc1C(O)c1ccc(Cl)cc1Br. The minimum atomic E-state index is -0.868. The number of pyridine rings is 1. The second-order valence-corrected chi connectivity index (χ2v) is 4.95. The van der Waals surface area contributed by atoms with Gasteiger partial charge in [0, 0.05) is 21.3 Å². The van der Waals surface area contributed by atoms with Gasteiger partial charge in [-0.05, 0) is 24.3 Å². The number of halogens is 2. The lowest BCUT2D eigenvalue weighted by Crippen LogP contribution is -2.05. The Kier molecular flexibility index (Phi) is 4.22. The first-order chi connectivity index (χ1) is 8.63. The molecule has 1 heterocycles. The van der Waals surface area contributed by atoms with Crippen molar-refractivity contribution >= 4 is 27.5 Å². The lowest BCUT2D eigenvalue weighted by molar-refractivity contribution is 0.208. The van der Waals surface area contributed by atoms with Crippen molar-refractivity contribution in [3.63, 3.8) is 0 Å². The number of methoxy groups -OCH3 is 1. The number of rotatable bonds is 3. The number of aliphatic hydroxyl groups excluding tert-OH is 1. The van der Waals surface area contributed by atoms with Crippen molar-refractivity contribution in [1.82, 2.24) is 4.98 Å². The normalized spacial score (nSPS) is 12.2. The predicted octanol–water partition coefficient (Wildman–Crippen LogP) is 3.59. The maximum Gasteiger partial charge on any atom is 0.143 e. The van der Waals surface area contributed by atoms with Gasteiger partial charge in [-0.3, -0.25) is 4.98 Å². The summed E-state index contributed by atoms with van der Waals surface area (Å²) in [4.78, 5) is 4.16. The van der Waals surface area contributed by atoms with E-state index in [1.165, 1.54) is 0 Å². The van der Waals surface area contributed by atoms with E-state index in [4.69, 9.17) is 16.3 Å². The summed E-state index contributed by atoms with van der Waals surface area (Å²) in [6.45, 7) is 0. The summed E-state index contributed by atoms with van der Waals surface area (Å²) in [6, 6.07) is 8.72. The second-order valence-electron chi connectivity index (χ2n) is 3.66. The van der Waals surface area contributed by atoms with Crippen LogP contribution in [0.15, 0.2) is 41.0 Å². The first-order valence-corrected chi connectivity index (χ1v) is 6.42. The van der Waals surface area contributed by atoms with Gasteiger partial charge in [0.05, 0.1) is 7.11 Å². The molecule has 0 bridgehead atoms. The first kappa shape index (κ1) is 13.3. The van der Waals surface area contributed by atoms with Crippen molar-refractivity contribution in [1.29, 1.82) is 0 Å². The lowest BCUT2D eigenvalue weighted by Gasteiger charge is -2.15. The van der Waals surface area contributed by atoms with Crippen LogP contribution in [-0.2, 0) is 0 Å². The van der Waals surface area contributed by atoms with Crippen LogP contribution in [0, 0.1) is 0 Å². The maximum absolute atomic E-state index is 10.4. The molecule has 18 heavy (non-hydrogen) atoms. The number of aromatic nitrogens is 1. The molecule has 0 aliphatic carbocycles. The van der Waals surface area contributed by atoms with Crippen LogP contribution in [0.25, 0.3) is 0 Å². The Morgan fingerprint density at radius 2 is 2.17 bits per heavy atom. The van der Waals surface area contributed by atoms with Gasteiger partial charge in [-0.2, -0.15) is 0 Å². The van der Waals surface area contributed by atoms with Gasteiger partial charge in [-0.15, -0.1) is 0 Å². The van der Waals surface area contributed by atoms with E-state index in [0.29, 0.717) is 22.0 Å². The van der Waals surface area contributed by atoms with Gasteiger partial charge in [0.2, 0.25) is 0 Å². The van der Waals surface area contributed by atoms with Gasteiger partial charge < -0.3 is 9.84 Å². The number of benzene rings is 1. The molecule has 0 radical (unpaired) electrons. The standard InChI is InChI=1S/C13H11BrClNO2/c1-18-11-3-2-6-16-12(11)13(17)9-5-4-8(15)7-10(9)14/h2-7,13,17H,1H3. The Hall–Kier alpha value is -1.10. The molecule has 1 aromatic carbocycles. The van der Waals surface area contributed by atoms with Crippen LogP contribution in [0.5, 0.6) is 5.75 Å².